The molecule has 1 aliphatic rings. The highest BCUT2D eigenvalue weighted by Gasteiger charge is 2.22. The van der Waals surface area contributed by atoms with Crippen LogP contribution in [0.1, 0.15) is 17.7 Å². The van der Waals surface area contributed by atoms with Crippen molar-refractivity contribution in [2.75, 3.05) is 19.8 Å². The van der Waals surface area contributed by atoms with Crippen molar-refractivity contribution in [3.8, 4) is 10.6 Å². The summed E-state index contributed by atoms with van der Waals surface area (Å²) in [5, 5.41) is 6.08. The predicted octanol–water partition coefficient (Wildman–Crippen LogP) is 2.81. The van der Waals surface area contributed by atoms with Crippen LogP contribution in [0, 0.1) is 12.8 Å². The Morgan fingerprint density at radius 2 is 2.23 bits per heavy atom. The van der Waals surface area contributed by atoms with E-state index in [-0.39, 0.29) is 11.8 Å². The first-order chi connectivity index (χ1) is 10.7. The van der Waals surface area contributed by atoms with Gasteiger partial charge in [-0.25, -0.2) is 4.98 Å². The Balaban J connectivity index is 1.51. The van der Waals surface area contributed by atoms with Gasteiger partial charge >= 0.3 is 0 Å². The number of carbonyl (C=O) groups excluding carboxylic acids is 1. The van der Waals surface area contributed by atoms with Crippen LogP contribution in [-0.4, -0.2) is 30.6 Å². The average Bonchev–Trinajstić information content (AvgIpc) is 3.19. The molecule has 2 heterocycles. The van der Waals surface area contributed by atoms with Crippen LogP contribution in [0.15, 0.2) is 29.6 Å². The van der Waals surface area contributed by atoms with Crippen molar-refractivity contribution in [2.45, 2.75) is 19.8 Å². The van der Waals surface area contributed by atoms with Gasteiger partial charge in [-0.3, -0.25) is 4.79 Å². The van der Waals surface area contributed by atoms with Gasteiger partial charge in [0.1, 0.15) is 5.01 Å². The fraction of sp³-hybridized carbons (Fsp3) is 0.412. The molecule has 0 bridgehead atoms. The van der Waals surface area contributed by atoms with E-state index in [2.05, 4.69) is 46.9 Å². The molecule has 5 heteroatoms. The van der Waals surface area contributed by atoms with E-state index in [1.165, 1.54) is 5.56 Å². The zero-order valence-electron chi connectivity index (χ0n) is 12.7. The number of aromatic nitrogens is 1. The number of carbonyl (C=O) groups is 1. The first-order valence-corrected chi connectivity index (χ1v) is 8.47. The fourth-order valence-corrected chi connectivity index (χ4v) is 3.31. The largest absolute Gasteiger partial charge is 0.381 e. The molecule has 3 rings (SSSR count). The van der Waals surface area contributed by atoms with Gasteiger partial charge in [0.25, 0.3) is 0 Å². The summed E-state index contributed by atoms with van der Waals surface area (Å²) in [5.74, 6) is 0.130. The molecule has 1 N–H and O–H groups in total. The molecular formula is C17H20N2O2S. The van der Waals surface area contributed by atoms with E-state index >= 15 is 0 Å². The Bertz CT molecular complexity index is 630. The molecule has 0 saturated carbocycles. The summed E-state index contributed by atoms with van der Waals surface area (Å²) in [6.07, 6.45) is 1.60. The SMILES string of the molecule is Cc1ccc(-c2nc(CCNC(=O)[C@@H]3CCOC3)cs2)cc1. The molecule has 1 saturated heterocycles. The molecule has 1 amide bonds. The third-order valence-electron chi connectivity index (χ3n) is 3.83. The number of hydrogen-bond acceptors (Lipinski definition) is 4. The number of benzene rings is 1. The standard InChI is InChI=1S/C17H20N2O2S/c1-12-2-4-13(5-3-12)17-19-15(11-22-17)6-8-18-16(20)14-7-9-21-10-14/h2-5,11,14H,6-10H2,1H3,(H,18,20)/t14-/m1/s1. The molecule has 0 spiro atoms. The second-order valence-electron chi connectivity index (χ2n) is 5.61. The van der Waals surface area contributed by atoms with E-state index in [0.717, 1.165) is 29.1 Å². The van der Waals surface area contributed by atoms with Gasteiger partial charge in [0.2, 0.25) is 5.91 Å². The van der Waals surface area contributed by atoms with Crippen LogP contribution in [0.25, 0.3) is 10.6 Å². The van der Waals surface area contributed by atoms with Crippen LogP contribution >= 0.6 is 11.3 Å². The Morgan fingerprint density at radius 3 is 2.95 bits per heavy atom. The van der Waals surface area contributed by atoms with E-state index in [9.17, 15) is 4.79 Å². The highest BCUT2D eigenvalue weighted by atomic mass is 32.1. The van der Waals surface area contributed by atoms with Crippen molar-refractivity contribution in [1.29, 1.82) is 0 Å². The number of aryl methyl sites for hydroxylation is 1. The number of nitrogens with zero attached hydrogens (tertiary/aromatic N) is 1. The topological polar surface area (TPSA) is 51.2 Å². The molecule has 1 atom stereocenters. The van der Waals surface area contributed by atoms with Crippen molar-refractivity contribution in [3.63, 3.8) is 0 Å². The molecule has 2 aromatic rings. The van der Waals surface area contributed by atoms with Crippen LogP contribution in [-0.2, 0) is 16.0 Å². The molecule has 0 radical (unpaired) electrons. The first-order valence-electron chi connectivity index (χ1n) is 7.59. The van der Waals surface area contributed by atoms with Crippen molar-refractivity contribution in [1.82, 2.24) is 10.3 Å². The summed E-state index contributed by atoms with van der Waals surface area (Å²) in [6, 6.07) is 8.39. The second-order valence-corrected chi connectivity index (χ2v) is 6.47. The lowest BCUT2D eigenvalue weighted by atomic mass is 10.1. The van der Waals surface area contributed by atoms with Crippen LogP contribution in [0.2, 0.25) is 0 Å². The summed E-state index contributed by atoms with van der Waals surface area (Å²) in [7, 11) is 0. The lowest BCUT2D eigenvalue weighted by Gasteiger charge is -2.08. The lowest BCUT2D eigenvalue weighted by molar-refractivity contribution is -0.124. The van der Waals surface area contributed by atoms with E-state index in [1.807, 2.05) is 0 Å². The molecule has 1 aromatic carbocycles. The van der Waals surface area contributed by atoms with Gasteiger partial charge in [-0.15, -0.1) is 11.3 Å². The number of thiazole rings is 1. The Hall–Kier alpha value is -1.72. The normalized spacial score (nSPS) is 17.6. The van der Waals surface area contributed by atoms with Crippen molar-refractivity contribution in [3.05, 3.63) is 40.9 Å². The number of hydrogen-bond donors (Lipinski definition) is 1. The van der Waals surface area contributed by atoms with E-state index in [1.54, 1.807) is 11.3 Å². The molecule has 1 aromatic heterocycles. The van der Waals surface area contributed by atoms with E-state index in [4.69, 9.17) is 4.74 Å². The van der Waals surface area contributed by atoms with Crippen molar-refractivity contribution >= 4 is 17.2 Å². The lowest BCUT2D eigenvalue weighted by Crippen LogP contribution is -2.32. The van der Waals surface area contributed by atoms with Crippen LogP contribution in [0.3, 0.4) is 0 Å². The highest BCUT2D eigenvalue weighted by Crippen LogP contribution is 2.24. The van der Waals surface area contributed by atoms with Gasteiger partial charge in [-0.05, 0) is 13.3 Å². The Kier molecular flexibility index (Phi) is 4.85. The number of amides is 1. The van der Waals surface area contributed by atoms with Gasteiger partial charge in [0, 0.05) is 30.5 Å². The third-order valence-corrected chi connectivity index (χ3v) is 4.77. The Morgan fingerprint density at radius 1 is 1.41 bits per heavy atom. The van der Waals surface area contributed by atoms with Crippen LogP contribution < -0.4 is 5.32 Å². The second kappa shape index (κ2) is 7.03. The highest BCUT2D eigenvalue weighted by molar-refractivity contribution is 7.13. The molecule has 0 unspecified atom stereocenters. The summed E-state index contributed by atoms with van der Waals surface area (Å²) >= 11 is 1.65. The molecular weight excluding hydrogens is 296 g/mol. The molecule has 116 valence electrons. The van der Waals surface area contributed by atoms with Crippen molar-refractivity contribution in [2.24, 2.45) is 5.92 Å². The summed E-state index contributed by atoms with van der Waals surface area (Å²) in [4.78, 5) is 16.5. The average molecular weight is 316 g/mol. The van der Waals surface area contributed by atoms with Gasteiger partial charge in [0.05, 0.1) is 18.2 Å². The molecule has 22 heavy (non-hydrogen) atoms. The monoisotopic (exact) mass is 316 g/mol. The molecule has 1 aliphatic heterocycles. The first kappa shape index (κ1) is 15.2. The zero-order chi connectivity index (χ0) is 15.4. The predicted molar refractivity (Wildman–Crippen MR) is 87.9 cm³/mol. The molecule has 0 aliphatic carbocycles. The maximum Gasteiger partial charge on any atom is 0.225 e. The minimum absolute atomic E-state index is 0.0264. The van der Waals surface area contributed by atoms with Gasteiger partial charge in [0.15, 0.2) is 0 Å². The molecule has 1 fully saturated rings. The van der Waals surface area contributed by atoms with E-state index in [0.29, 0.717) is 19.8 Å². The minimum atomic E-state index is 0.0264. The Labute approximate surface area is 134 Å². The maximum absolute atomic E-state index is 11.9. The van der Waals surface area contributed by atoms with Crippen molar-refractivity contribution < 1.29 is 9.53 Å². The maximum atomic E-state index is 11.9. The quantitative estimate of drug-likeness (QED) is 0.923. The van der Waals surface area contributed by atoms with Gasteiger partial charge in [-0.1, -0.05) is 29.8 Å². The third kappa shape index (κ3) is 3.72. The number of ether oxygens (including phenoxy) is 1. The minimum Gasteiger partial charge on any atom is -0.381 e. The smallest absolute Gasteiger partial charge is 0.225 e. The van der Waals surface area contributed by atoms with Crippen LogP contribution in [0.4, 0.5) is 0 Å². The van der Waals surface area contributed by atoms with Crippen LogP contribution in [0.5, 0.6) is 0 Å². The molecule has 4 nitrogen and oxygen atoms in total. The summed E-state index contributed by atoms with van der Waals surface area (Å²) in [6.45, 7) is 3.96. The van der Waals surface area contributed by atoms with Gasteiger partial charge in [-0.2, -0.15) is 0 Å². The summed E-state index contributed by atoms with van der Waals surface area (Å²) < 4.78 is 5.23. The number of rotatable bonds is 5. The van der Waals surface area contributed by atoms with Gasteiger partial charge < -0.3 is 10.1 Å². The fourth-order valence-electron chi connectivity index (χ4n) is 2.45. The number of nitrogens with one attached hydrogen (secondary N) is 1. The zero-order valence-corrected chi connectivity index (χ0v) is 13.5. The summed E-state index contributed by atoms with van der Waals surface area (Å²) in [5.41, 5.74) is 3.43. The van der Waals surface area contributed by atoms with E-state index < -0.39 is 0 Å².